The number of ether oxygens (including phenoxy) is 1. The Bertz CT molecular complexity index is 363. The molecule has 2 atom stereocenters. The van der Waals surface area contributed by atoms with Crippen LogP contribution in [0.5, 0.6) is 0 Å². The van der Waals surface area contributed by atoms with Gasteiger partial charge in [0.1, 0.15) is 6.10 Å². The summed E-state index contributed by atoms with van der Waals surface area (Å²) in [5.74, 6) is -0.192. The molecule has 0 aliphatic carbocycles. The maximum atomic E-state index is 11.7. The van der Waals surface area contributed by atoms with Crippen LogP contribution in [-0.2, 0) is 14.4 Å². The SMILES string of the molecule is C[C@H](ONC(=O)[C@H]1CCOC1)c1ccncc1. The molecule has 0 bridgehead atoms. The van der Waals surface area contributed by atoms with Crippen molar-refractivity contribution < 1.29 is 14.4 Å². The molecule has 0 spiro atoms. The fraction of sp³-hybridized carbons (Fsp3) is 0.500. The topological polar surface area (TPSA) is 60.5 Å². The molecule has 0 saturated carbocycles. The molecule has 5 nitrogen and oxygen atoms in total. The first kappa shape index (κ1) is 12.0. The molecule has 1 aromatic heterocycles. The lowest BCUT2D eigenvalue weighted by atomic mass is 10.1. The molecule has 0 unspecified atom stereocenters. The van der Waals surface area contributed by atoms with Gasteiger partial charge in [-0.2, -0.15) is 0 Å². The summed E-state index contributed by atoms with van der Waals surface area (Å²) in [4.78, 5) is 20.9. The predicted molar refractivity (Wildman–Crippen MR) is 60.8 cm³/mol. The molecule has 1 aliphatic heterocycles. The first-order valence-corrected chi connectivity index (χ1v) is 5.70. The largest absolute Gasteiger partial charge is 0.381 e. The highest BCUT2D eigenvalue weighted by Gasteiger charge is 2.24. The zero-order valence-corrected chi connectivity index (χ0v) is 9.76. The van der Waals surface area contributed by atoms with Crippen molar-refractivity contribution in [2.45, 2.75) is 19.4 Å². The normalized spacial score (nSPS) is 21.1. The Morgan fingerprint density at radius 1 is 1.59 bits per heavy atom. The first-order chi connectivity index (χ1) is 8.27. The van der Waals surface area contributed by atoms with Crippen molar-refractivity contribution in [2.24, 2.45) is 5.92 Å². The number of pyridine rings is 1. The number of nitrogens with one attached hydrogen (secondary N) is 1. The fourth-order valence-electron chi connectivity index (χ4n) is 1.67. The van der Waals surface area contributed by atoms with Crippen molar-refractivity contribution in [3.8, 4) is 0 Å². The van der Waals surface area contributed by atoms with E-state index in [1.807, 2.05) is 19.1 Å². The van der Waals surface area contributed by atoms with Gasteiger partial charge >= 0.3 is 0 Å². The zero-order chi connectivity index (χ0) is 12.1. The van der Waals surface area contributed by atoms with Crippen molar-refractivity contribution in [1.82, 2.24) is 10.5 Å². The minimum absolute atomic E-state index is 0.0837. The molecular weight excluding hydrogens is 220 g/mol. The Morgan fingerprint density at radius 3 is 3.00 bits per heavy atom. The van der Waals surface area contributed by atoms with Gasteiger partial charge in [-0.25, -0.2) is 5.48 Å². The Labute approximate surface area is 100 Å². The molecule has 0 radical (unpaired) electrons. The van der Waals surface area contributed by atoms with Gasteiger partial charge < -0.3 is 4.74 Å². The lowest BCUT2D eigenvalue weighted by Gasteiger charge is -2.15. The number of carbonyl (C=O) groups is 1. The number of amides is 1. The summed E-state index contributed by atoms with van der Waals surface area (Å²) >= 11 is 0. The van der Waals surface area contributed by atoms with Gasteiger partial charge in [0.2, 0.25) is 5.91 Å². The van der Waals surface area contributed by atoms with Crippen LogP contribution in [-0.4, -0.2) is 24.1 Å². The number of hydrogen-bond donors (Lipinski definition) is 1. The second-order valence-electron chi connectivity index (χ2n) is 4.07. The second kappa shape index (κ2) is 5.75. The molecule has 2 rings (SSSR count). The molecule has 0 aromatic carbocycles. The van der Waals surface area contributed by atoms with Gasteiger partial charge in [-0.05, 0) is 31.0 Å². The monoisotopic (exact) mass is 236 g/mol. The average molecular weight is 236 g/mol. The number of nitrogens with zero attached hydrogens (tertiary/aromatic N) is 1. The molecule has 1 amide bonds. The Balaban J connectivity index is 1.80. The zero-order valence-electron chi connectivity index (χ0n) is 9.76. The van der Waals surface area contributed by atoms with E-state index >= 15 is 0 Å². The van der Waals surface area contributed by atoms with E-state index in [-0.39, 0.29) is 17.9 Å². The smallest absolute Gasteiger partial charge is 0.249 e. The summed E-state index contributed by atoms with van der Waals surface area (Å²) in [6, 6.07) is 3.71. The number of carbonyl (C=O) groups excluding carboxylic acids is 1. The third kappa shape index (κ3) is 3.25. The van der Waals surface area contributed by atoms with E-state index in [9.17, 15) is 4.79 Å². The van der Waals surface area contributed by atoms with Crippen LogP contribution < -0.4 is 5.48 Å². The Hall–Kier alpha value is -1.46. The second-order valence-corrected chi connectivity index (χ2v) is 4.07. The Kier molecular flexibility index (Phi) is 4.06. The predicted octanol–water partition coefficient (Wildman–Crippen LogP) is 1.23. The van der Waals surface area contributed by atoms with Gasteiger partial charge in [-0.3, -0.25) is 14.6 Å². The van der Waals surface area contributed by atoms with Crippen LogP contribution in [0.2, 0.25) is 0 Å². The van der Waals surface area contributed by atoms with Crippen molar-refractivity contribution >= 4 is 5.91 Å². The highest BCUT2D eigenvalue weighted by Crippen LogP contribution is 2.15. The van der Waals surface area contributed by atoms with Gasteiger partial charge in [0.25, 0.3) is 0 Å². The molecule has 1 aliphatic rings. The van der Waals surface area contributed by atoms with Crippen molar-refractivity contribution in [2.75, 3.05) is 13.2 Å². The van der Waals surface area contributed by atoms with Gasteiger partial charge in [0.05, 0.1) is 12.5 Å². The van der Waals surface area contributed by atoms with Crippen LogP contribution >= 0.6 is 0 Å². The first-order valence-electron chi connectivity index (χ1n) is 5.70. The summed E-state index contributed by atoms with van der Waals surface area (Å²) in [5.41, 5.74) is 3.46. The van der Waals surface area contributed by atoms with E-state index in [4.69, 9.17) is 9.57 Å². The van der Waals surface area contributed by atoms with Crippen molar-refractivity contribution in [3.05, 3.63) is 30.1 Å². The summed E-state index contributed by atoms with van der Waals surface area (Å²) in [6.07, 6.45) is 3.96. The van der Waals surface area contributed by atoms with E-state index in [2.05, 4.69) is 10.5 Å². The molecule has 1 N–H and O–H groups in total. The molecule has 1 fully saturated rings. The quantitative estimate of drug-likeness (QED) is 0.799. The van der Waals surface area contributed by atoms with Gasteiger partial charge in [-0.1, -0.05) is 0 Å². The lowest BCUT2D eigenvalue weighted by Crippen LogP contribution is -2.31. The summed E-state index contributed by atoms with van der Waals surface area (Å²) in [5, 5.41) is 0. The Morgan fingerprint density at radius 2 is 2.35 bits per heavy atom. The summed E-state index contributed by atoms with van der Waals surface area (Å²) < 4.78 is 5.15. The summed E-state index contributed by atoms with van der Waals surface area (Å²) in [7, 11) is 0. The molecule has 92 valence electrons. The van der Waals surface area contributed by atoms with Crippen molar-refractivity contribution in [1.29, 1.82) is 0 Å². The van der Waals surface area contributed by atoms with E-state index in [0.717, 1.165) is 12.0 Å². The van der Waals surface area contributed by atoms with Gasteiger partial charge in [-0.15, -0.1) is 0 Å². The van der Waals surface area contributed by atoms with Gasteiger partial charge in [0.15, 0.2) is 0 Å². The lowest BCUT2D eigenvalue weighted by molar-refractivity contribution is -0.142. The molecule has 1 aromatic rings. The van der Waals surface area contributed by atoms with E-state index in [1.54, 1.807) is 12.4 Å². The molecule has 1 saturated heterocycles. The highest BCUT2D eigenvalue weighted by atomic mass is 16.7. The maximum absolute atomic E-state index is 11.7. The van der Waals surface area contributed by atoms with Gasteiger partial charge in [0, 0.05) is 19.0 Å². The average Bonchev–Trinajstić information content (AvgIpc) is 2.90. The molecule has 5 heteroatoms. The van der Waals surface area contributed by atoms with E-state index < -0.39 is 0 Å². The maximum Gasteiger partial charge on any atom is 0.249 e. The molecular formula is C12H16N2O3. The fourth-order valence-corrected chi connectivity index (χ4v) is 1.67. The van der Waals surface area contributed by atoms with Crippen LogP contribution in [0.3, 0.4) is 0 Å². The standard InChI is InChI=1S/C12H16N2O3/c1-9(10-2-5-13-6-3-10)17-14-12(15)11-4-7-16-8-11/h2-3,5-6,9,11H,4,7-8H2,1H3,(H,14,15)/t9-,11-/m0/s1. The number of rotatable bonds is 4. The minimum atomic E-state index is -0.190. The molecule has 17 heavy (non-hydrogen) atoms. The number of aromatic nitrogens is 1. The van der Waals surface area contributed by atoms with Crippen LogP contribution in [0.4, 0.5) is 0 Å². The summed E-state index contributed by atoms with van der Waals surface area (Å²) in [6.45, 7) is 3.01. The number of hydrogen-bond acceptors (Lipinski definition) is 4. The van der Waals surface area contributed by atoms with Crippen molar-refractivity contribution in [3.63, 3.8) is 0 Å². The van der Waals surface area contributed by atoms with Crippen LogP contribution in [0.15, 0.2) is 24.5 Å². The van der Waals surface area contributed by atoms with E-state index in [0.29, 0.717) is 13.2 Å². The minimum Gasteiger partial charge on any atom is -0.381 e. The highest BCUT2D eigenvalue weighted by molar-refractivity contribution is 5.77. The van der Waals surface area contributed by atoms with Crippen LogP contribution in [0, 0.1) is 5.92 Å². The van der Waals surface area contributed by atoms with Crippen LogP contribution in [0.25, 0.3) is 0 Å². The molecule has 2 heterocycles. The van der Waals surface area contributed by atoms with E-state index in [1.165, 1.54) is 0 Å². The third-order valence-corrected chi connectivity index (χ3v) is 2.81. The number of hydroxylamine groups is 1. The third-order valence-electron chi connectivity index (χ3n) is 2.81. The van der Waals surface area contributed by atoms with Crippen LogP contribution in [0.1, 0.15) is 25.0 Å².